The number of fused-ring (bicyclic) bond motifs is 5. The SMILES string of the molecule is C=CCC1=CC2=CC(=O)CC[C@]2(C)[C@H]2CC[C@]3(C)[C@@H]([C@H](C)CCCC(C)C)CC[C@H]3[C@H]12. The van der Waals surface area contributed by atoms with E-state index in [-0.39, 0.29) is 5.41 Å². The van der Waals surface area contributed by atoms with E-state index in [1.165, 1.54) is 50.5 Å². The van der Waals surface area contributed by atoms with Crippen LogP contribution >= 0.6 is 0 Å². The number of hydrogen-bond acceptors (Lipinski definition) is 1. The van der Waals surface area contributed by atoms with Gasteiger partial charge in [-0.3, -0.25) is 4.79 Å². The van der Waals surface area contributed by atoms with Gasteiger partial charge in [0, 0.05) is 6.42 Å². The fraction of sp³-hybridized carbons (Fsp3) is 0.767. The molecule has 0 aromatic heterocycles. The molecule has 0 aromatic rings. The van der Waals surface area contributed by atoms with Crippen LogP contribution in [0.15, 0.2) is 36.0 Å². The third kappa shape index (κ3) is 3.93. The highest BCUT2D eigenvalue weighted by atomic mass is 16.1. The molecule has 1 nitrogen and oxygen atoms in total. The summed E-state index contributed by atoms with van der Waals surface area (Å²) in [6.07, 6.45) is 19.0. The van der Waals surface area contributed by atoms with Gasteiger partial charge < -0.3 is 0 Å². The zero-order valence-corrected chi connectivity index (χ0v) is 20.9. The number of carbonyl (C=O) groups excluding carboxylic acids is 1. The van der Waals surface area contributed by atoms with Gasteiger partial charge in [-0.2, -0.15) is 0 Å². The summed E-state index contributed by atoms with van der Waals surface area (Å²) in [5.41, 5.74) is 3.61. The van der Waals surface area contributed by atoms with E-state index in [0.29, 0.717) is 23.0 Å². The largest absolute Gasteiger partial charge is 0.295 e. The number of carbonyl (C=O) groups is 1. The van der Waals surface area contributed by atoms with Crippen LogP contribution in [0.2, 0.25) is 0 Å². The molecule has 0 unspecified atom stereocenters. The summed E-state index contributed by atoms with van der Waals surface area (Å²) >= 11 is 0. The lowest BCUT2D eigenvalue weighted by Crippen LogP contribution is -2.51. The Kier molecular flexibility index (Phi) is 6.46. The second kappa shape index (κ2) is 8.68. The number of hydrogen-bond donors (Lipinski definition) is 0. The molecule has 4 aliphatic rings. The molecule has 172 valence electrons. The molecule has 2 saturated carbocycles. The second-order valence-electron chi connectivity index (χ2n) is 12.5. The molecule has 4 rings (SSSR count). The van der Waals surface area contributed by atoms with Gasteiger partial charge >= 0.3 is 0 Å². The summed E-state index contributed by atoms with van der Waals surface area (Å²) in [6.45, 7) is 16.5. The number of ketones is 1. The van der Waals surface area contributed by atoms with Crippen LogP contribution in [0.1, 0.15) is 98.8 Å². The molecule has 0 radical (unpaired) electrons. The molecule has 0 heterocycles. The second-order valence-corrected chi connectivity index (χ2v) is 12.5. The van der Waals surface area contributed by atoms with Crippen molar-refractivity contribution in [1.29, 1.82) is 0 Å². The molecule has 0 bridgehead atoms. The minimum Gasteiger partial charge on any atom is -0.295 e. The van der Waals surface area contributed by atoms with Gasteiger partial charge in [-0.1, -0.05) is 71.6 Å². The molecule has 0 spiro atoms. The maximum absolute atomic E-state index is 12.2. The van der Waals surface area contributed by atoms with Gasteiger partial charge in [0.2, 0.25) is 0 Å². The van der Waals surface area contributed by atoms with Crippen LogP contribution in [0.4, 0.5) is 0 Å². The molecule has 1 heteroatoms. The van der Waals surface area contributed by atoms with Crippen molar-refractivity contribution >= 4 is 5.78 Å². The van der Waals surface area contributed by atoms with Crippen molar-refractivity contribution in [3.05, 3.63) is 36.0 Å². The van der Waals surface area contributed by atoms with Gasteiger partial charge in [-0.05, 0) is 96.5 Å². The summed E-state index contributed by atoms with van der Waals surface area (Å²) in [5, 5.41) is 0. The van der Waals surface area contributed by atoms with Crippen LogP contribution in [0.5, 0.6) is 0 Å². The monoisotopic (exact) mass is 422 g/mol. The Labute approximate surface area is 191 Å². The van der Waals surface area contributed by atoms with Gasteiger partial charge in [0.1, 0.15) is 0 Å². The van der Waals surface area contributed by atoms with Gasteiger partial charge in [0.05, 0.1) is 0 Å². The molecule has 0 amide bonds. The fourth-order valence-corrected chi connectivity index (χ4v) is 8.60. The zero-order valence-electron chi connectivity index (χ0n) is 20.9. The third-order valence-electron chi connectivity index (χ3n) is 10.3. The third-order valence-corrected chi connectivity index (χ3v) is 10.3. The standard InChI is InChI=1S/C30H46O/c1-7-9-22-18-23-19-24(31)14-16-29(23,5)27-15-17-30(6)25(12-13-26(30)28(22)27)21(4)11-8-10-20(2)3/h7,18-21,25-28H,1,8-17H2,2-6H3/t21-,25-,26+,27+,28+,29+,30-/m1/s1. The van der Waals surface area contributed by atoms with E-state index >= 15 is 0 Å². The van der Waals surface area contributed by atoms with Gasteiger partial charge in [0.15, 0.2) is 5.78 Å². The van der Waals surface area contributed by atoms with Crippen molar-refractivity contribution in [2.45, 2.75) is 98.8 Å². The molecule has 7 atom stereocenters. The lowest BCUT2D eigenvalue weighted by Gasteiger charge is -2.58. The van der Waals surface area contributed by atoms with E-state index in [1.54, 1.807) is 5.57 Å². The highest BCUT2D eigenvalue weighted by Crippen LogP contribution is 2.68. The van der Waals surface area contributed by atoms with Gasteiger partial charge in [0.25, 0.3) is 0 Å². The van der Waals surface area contributed by atoms with E-state index in [2.05, 4.69) is 53.3 Å². The minimum atomic E-state index is 0.200. The molecule has 0 saturated heterocycles. The van der Waals surface area contributed by atoms with Crippen LogP contribution in [0, 0.1) is 46.3 Å². The number of allylic oxidation sites excluding steroid dienone is 5. The van der Waals surface area contributed by atoms with E-state index < -0.39 is 0 Å². The van der Waals surface area contributed by atoms with Crippen molar-refractivity contribution in [3.63, 3.8) is 0 Å². The molecule has 0 aromatic carbocycles. The predicted octanol–water partition coefficient (Wildman–Crippen LogP) is 8.32. The number of rotatable bonds is 7. The van der Waals surface area contributed by atoms with E-state index in [1.807, 2.05) is 6.08 Å². The van der Waals surface area contributed by atoms with Crippen LogP contribution in [0.3, 0.4) is 0 Å². The smallest absolute Gasteiger partial charge is 0.156 e. The maximum Gasteiger partial charge on any atom is 0.156 e. The molecule has 2 fully saturated rings. The predicted molar refractivity (Wildman–Crippen MR) is 132 cm³/mol. The van der Waals surface area contributed by atoms with E-state index in [9.17, 15) is 4.79 Å². The Bertz CT molecular complexity index is 769. The molecular weight excluding hydrogens is 376 g/mol. The van der Waals surface area contributed by atoms with Crippen LogP contribution in [-0.4, -0.2) is 5.78 Å². The molecule has 0 aliphatic heterocycles. The maximum atomic E-state index is 12.2. The average molecular weight is 423 g/mol. The highest BCUT2D eigenvalue weighted by molar-refractivity contribution is 5.92. The topological polar surface area (TPSA) is 17.1 Å². The summed E-state index contributed by atoms with van der Waals surface area (Å²) in [5.74, 6) is 5.10. The fourth-order valence-electron chi connectivity index (χ4n) is 8.60. The van der Waals surface area contributed by atoms with Crippen molar-refractivity contribution in [2.24, 2.45) is 46.3 Å². The quantitative estimate of drug-likeness (QED) is 0.377. The lowest BCUT2D eigenvalue weighted by atomic mass is 9.46. The Morgan fingerprint density at radius 1 is 1.06 bits per heavy atom. The molecule has 31 heavy (non-hydrogen) atoms. The van der Waals surface area contributed by atoms with Crippen LogP contribution in [0.25, 0.3) is 0 Å². The minimum absolute atomic E-state index is 0.200. The van der Waals surface area contributed by atoms with Gasteiger partial charge in [-0.15, -0.1) is 6.58 Å². The van der Waals surface area contributed by atoms with E-state index in [4.69, 9.17) is 0 Å². The van der Waals surface area contributed by atoms with Crippen LogP contribution < -0.4 is 0 Å². The molecule has 4 aliphatic carbocycles. The highest BCUT2D eigenvalue weighted by Gasteiger charge is 2.59. The molecular formula is C30H46O. The van der Waals surface area contributed by atoms with Crippen molar-refractivity contribution < 1.29 is 4.79 Å². The Morgan fingerprint density at radius 3 is 2.55 bits per heavy atom. The molecule has 0 N–H and O–H groups in total. The van der Waals surface area contributed by atoms with Crippen LogP contribution in [-0.2, 0) is 4.79 Å². The summed E-state index contributed by atoms with van der Waals surface area (Å²) in [7, 11) is 0. The summed E-state index contributed by atoms with van der Waals surface area (Å²) in [6, 6.07) is 0. The van der Waals surface area contributed by atoms with Crippen molar-refractivity contribution in [2.75, 3.05) is 0 Å². The lowest BCUT2D eigenvalue weighted by molar-refractivity contribution is -0.116. The first-order valence-electron chi connectivity index (χ1n) is 13.3. The normalized spacial score (nSPS) is 40.5. The van der Waals surface area contributed by atoms with Crippen molar-refractivity contribution in [1.82, 2.24) is 0 Å². The Morgan fingerprint density at radius 2 is 1.84 bits per heavy atom. The Hall–Kier alpha value is -1.11. The first kappa shape index (κ1) is 23.1. The summed E-state index contributed by atoms with van der Waals surface area (Å²) in [4.78, 5) is 12.2. The van der Waals surface area contributed by atoms with E-state index in [0.717, 1.165) is 42.9 Å². The van der Waals surface area contributed by atoms with Crippen molar-refractivity contribution in [3.8, 4) is 0 Å². The average Bonchev–Trinajstić information content (AvgIpc) is 3.06. The van der Waals surface area contributed by atoms with Gasteiger partial charge in [-0.25, -0.2) is 0 Å². The Balaban J connectivity index is 1.62. The summed E-state index contributed by atoms with van der Waals surface area (Å²) < 4.78 is 0. The zero-order chi connectivity index (χ0) is 22.4. The first-order valence-corrected chi connectivity index (χ1v) is 13.3. The first-order chi connectivity index (χ1) is 14.7.